The average Bonchev–Trinajstić information content (AvgIpc) is 3.31. The molecule has 2 aromatic carbocycles. The van der Waals surface area contributed by atoms with Gasteiger partial charge in [0.25, 0.3) is 5.91 Å². The van der Waals surface area contributed by atoms with Gasteiger partial charge in [0.1, 0.15) is 22.1 Å². The summed E-state index contributed by atoms with van der Waals surface area (Å²) in [5.74, 6) is 0.910. The number of phenolic OH excluding ortho intramolecular Hbond substituents is 1. The Morgan fingerprint density at radius 3 is 2.62 bits per heavy atom. The summed E-state index contributed by atoms with van der Waals surface area (Å²) in [6.45, 7) is 0. The summed E-state index contributed by atoms with van der Waals surface area (Å²) in [6, 6.07) is 13.1. The van der Waals surface area contributed by atoms with E-state index in [2.05, 4.69) is 4.90 Å². The Kier molecular flexibility index (Phi) is 5.82. The number of carbonyl (C=O) groups excluding carboxylic acids is 1. The molecule has 3 aliphatic rings. The van der Waals surface area contributed by atoms with Crippen molar-refractivity contribution < 1.29 is 14.6 Å². The number of ether oxygens (including phenoxy) is 1. The number of para-hydroxylation sites is 2. The average molecular weight is 468 g/mol. The van der Waals surface area contributed by atoms with Crippen molar-refractivity contribution in [1.29, 1.82) is 0 Å². The first-order chi connectivity index (χ1) is 15.6. The molecule has 1 amide bonds. The summed E-state index contributed by atoms with van der Waals surface area (Å²) < 4.78 is 5.39. The summed E-state index contributed by atoms with van der Waals surface area (Å²) in [5.41, 5.74) is 1.51. The van der Waals surface area contributed by atoms with E-state index in [0.717, 1.165) is 47.0 Å². The van der Waals surface area contributed by atoms with Crippen LogP contribution in [0.2, 0.25) is 0 Å². The summed E-state index contributed by atoms with van der Waals surface area (Å²) in [6.07, 6.45) is 5.41. The fraction of sp³-hybridized carbons (Fsp3) is 0.333. The van der Waals surface area contributed by atoms with Crippen molar-refractivity contribution in [3.8, 4) is 11.5 Å². The molecule has 2 aliphatic heterocycles. The largest absolute Gasteiger partial charge is 0.506 e. The van der Waals surface area contributed by atoms with Gasteiger partial charge in [-0.2, -0.15) is 0 Å². The van der Waals surface area contributed by atoms with E-state index < -0.39 is 0 Å². The lowest BCUT2D eigenvalue weighted by Gasteiger charge is -2.30. The normalized spacial score (nSPS) is 22.7. The van der Waals surface area contributed by atoms with Gasteiger partial charge in [-0.3, -0.25) is 9.69 Å². The monoisotopic (exact) mass is 467 g/mol. The number of amides is 1. The smallest absolute Gasteiger partial charge is 0.269 e. The Labute approximate surface area is 196 Å². The third-order valence-electron chi connectivity index (χ3n) is 6.08. The number of amidine groups is 1. The Morgan fingerprint density at radius 1 is 1.09 bits per heavy atom. The molecule has 8 heteroatoms. The highest BCUT2D eigenvalue weighted by Crippen LogP contribution is 2.51. The molecule has 0 bridgehead atoms. The van der Waals surface area contributed by atoms with Crippen LogP contribution in [0.1, 0.15) is 32.1 Å². The summed E-state index contributed by atoms with van der Waals surface area (Å²) in [5, 5.41) is 11.8. The first-order valence-corrected chi connectivity index (χ1v) is 12.4. The number of methoxy groups -OCH3 is 1. The van der Waals surface area contributed by atoms with Crippen LogP contribution in [-0.2, 0) is 4.79 Å². The SMILES string of the molecule is COc1ccc2c(c1)N(C)C(=C1SC(=Nc3ccccc3O)N(C3CCCCC3)C1=O)S2. The maximum atomic E-state index is 13.7. The number of carbonyl (C=O) groups is 1. The molecule has 0 unspecified atom stereocenters. The molecule has 0 radical (unpaired) electrons. The molecule has 32 heavy (non-hydrogen) atoms. The zero-order valence-corrected chi connectivity index (χ0v) is 19.7. The molecular formula is C24H25N3O3S2. The molecule has 0 atom stereocenters. The van der Waals surface area contributed by atoms with Gasteiger partial charge >= 0.3 is 0 Å². The second-order valence-electron chi connectivity index (χ2n) is 8.08. The van der Waals surface area contributed by atoms with E-state index in [4.69, 9.17) is 9.73 Å². The van der Waals surface area contributed by atoms with Crippen molar-refractivity contribution >= 4 is 46.0 Å². The van der Waals surface area contributed by atoms with E-state index >= 15 is 0 Å². The van der Waals surface area contributed by atoms with Crippen LogP contribution in [0.4, 0.5) is 11.4 Å². The summed E-state index contributed by atoms with van der Waals surface area (Å²) in [4.78, 5) is 24.2. The molecule has 1 aliphatic carbocycles. The second-order valence-corrected chi connectivity index (χ2v) is 10.1. The predicted molar refractivity (Wildman–Crippen MR) is 131 cm³/mol. The zero-order valence-electron chi connectivity index (χ0n) is 18.1. The summed E-state index contributed by atoms with van der Waals surface area (Å²) in [7, 11) is 3.64. The van der Waals surface area contributed by atoms with Crippen LogP contribution in [0.3, 0.4) is 0 Å². The molecular weight excluding hydrogens is 442 g/mol. The van der Waals surface area contributed by atoms with Crippen LogP contribution >= 0.6 is 23.5 Å². The Balaban J connectivity index is 1.56. The van der Waals surface area contributed by atoms with Crippen LogP contribution in [0.25, 0.3) is 0 Å². The number of thioether (sulfide) groups is 2. The fourth-order valence-electron chi connectivity index (χ4n) is 4.37. The Morgan fingerprint density at radius 2 is 1.88 bits per heavy atom. The topological polar surface area (TPSA) is 65.4 Å². The van der Waals surface area contributed by atoms with Gasteiger partial charge in [0.05, 0.1) is 17.8 Å². The van der Waals surface area contributed by atoms with Crippen LogP contribution in [0, 0.1) is 0 Å². The first-order valence-electron chi connectivity index (χ1n) is 10.8. The number of nitrogens with zero attached hydrogens (tertiary/aromatic N) is 3. The minimum absolute atomic E-state index is 0.00481. The Hall–Kier alpha value is -2.58. The minimum atomic E-state index is 0.00481. The molecule has 2 fully saturated rings. The number of anilines is 1. The van der Waals surface area contributed by atoms with Gasteiger partial charge in [0.2, 0.25) is 0 Å². The molecule has 0 spiro atoms. The first kappa shape index (κ1) is 21.3. The predicted octanol–water partition coefficient (Wildman–Crippen LogP) is 5.71. The third kappa shape index (κ3) is 3.75. The van der Waals surface area contributed by atoms with Crippen molar-refractivity contribution in [1.82, 2.24) is 4.90 Å². The molecule has 6 nitrogen and oxygen atoms in total. The molecule has 2 aromatic rings. The van der Waals surface area contributed by atoms with E-state index in [9.17, 15) is 9.90 Å². The third-order valence-corrected chi connectivity index (χ3v) is 8.49. The fourth-order valence-corrected chi connectivity index (χ4v) is 6.75. The van der Waals surface area contributed by atoms with Gasteiger partial charge < -0.3 is 14.7 Å². The summed E-state index contributed by atoms with van der Waals surface area (Å²) >= 11 is 3.01. The number of benzene rings is 2. The van der Waals surface area contributed by atoms with Crippen molar-refractivity contribution in [2.45, 2.75) is 43.0 Å². The molecule has 5 rings (SSSR count). The molecule has 2 heterocycles. The van der Waals surface area contributed by atoms with E-state index in [-0.39, 0.29) is 17.7 Å². The number of aromatic hydroxyl groups is 1. The number of hydrogen-bond acceptors (Lipinski definition) is 7. The van der Waals surface area contributed by atoms with Crippen molar-refractivity contribution in [2.24, 2.45) is 4.99 Å². The van der Waals surface area contributed by atoms with Gasteiger partial charge in [-0.15, -0.1) is 0 Å². The standard InChI is InChI=1S/C24H25N3O3S2/c1-26-18-14-16(30-2)12-13-20(18)31-23(26)21-22(29)27(15-8-4-3-5-9-15)24(32-21)25-17-10-6-7-11-19(17)28/h6-7,10-15,28H,3-5,8-9H2,1-2H3. The molecule has 1 N–H and O–H groups in total. The van der Waals surface area contributed by atoms with Crippen molar-refractivity contribution in [2.75, 3.05) is 19.1 Å². The van der Waals surface area contributed by atoms with Crippen LogP contribution in [-0.4, -0.2) is 41.3 Å². The number of aliphatic imine (C=N–C) groups is 1. The maximum absolute atomic E-state index is 13.7. The van der Waals surface area contributed by atoms with Crippen LogP contribution in [0.15, 0.2) is 62.3 Å². The highest BCUT2D eigenvalue weighted by molar-refractivity contribution is 8.19. The highest BCUT2D eigenvalue weighted by atomic mass is 32.2. The molecule has 166 valence electrons. The number of phenols is 1. The van der Waals surface area contributed by atoms with E-state index in [1.54, 1.807) is 37.1 Å². The zero-order chi connectivity index (χ0) is 22.2. The number of hydrogen-bond donors (Lipinski definition) is 1. The van der Waals surface area contributed by atoms with Gasteiger partial charge in [-0.05, 0) is 48.9 Å². The second kappa shape index (κ2) is 8.75. The quantitative estimate of drug-likeness (QED) is 0.584. The van der Waals surface area contributed by atoms with Crippen molar-refractivity contribution in [3.63, 3.8) is 0 Å². The molecule has 0 aromatic heterocycles. The lowest BCUT2D eigenvalue weighted by molar-refractivity contribution is -0.124. The van der Waals surface area contributed by atoms with Crippen molar-refractivity contribution in [3.05, 3.63) is 52.4 Å². The number of rotatable bonds is 3. The van der Waals surface area contributed by atoms with E-state index in [1.165, 1.54) is 18.2 Å². The lowest BCUT2D eigenvalue weighted by atomic mass is 9.94. The lowest BCUT2D eigenvalue weighted by Crippen LogP contribution is -2.40. The van der Waals surface area contributed by atoms with Crippen LogP contribution in [0.5, 0.6) is 11.5 Å². The van der Waals surface area contributed by atoms with Gasteiger partial charge in [-0.1, -0.05) is 43.2 Å². The van der Waals surface area contributed by atoms with E-state index in [0.29, 0.717) is 15.8 Å². The number of fused-ring (bicyclic) bond motifs is 1. The highest BCUT2D eigenvalue weighted by Gasteiger charge is 2.42. The van der Waals surface area contributed by atoms with Gasteiger partial charge in [-0.25, -0.2) is 4.99 Å². The van der Waals surface area contributed by atoms with Gasteiger partial charge in [0, 0.05) is 24.1 Å². The molecule has 1 saturated heterocycles. The van der Waals surface area contributed by atoms with Gasteiger partial charge in [0.15, 0.2) is 5.17 Å². The van der Waals surface area contributed by atoms with Crippen LogP contribution < -0.4 is 9.64 Å². The molecule has 1 saturated carbocycles. The maximum Gasteiger partial charge on any atom is 0.269 e. The Bertz CT molecular complexity index is 1130. The minimum Gasteiger partial charge on any atom is -0.506 e. The van der Waals surface area contributed by atoms with E-state index in [1.807, 2.05) is 36.2 Å².